The van der Waals surface area contributed by atoms with Crippen LogP contribution in [0.1, 0.15) is 99.8 Å². The Labute approximate surface area is 200 Å². The smallest absolute Gasteiger partial charge is 0.185 e. The number of Topliss-reactive ketones (excluding diaryl/α,β-unsaturated/α-hetero) is 2. The van der Waals surface area contributed by atoms with Crippen molar-refractivity contribution in [3.05, 3.63) is 57.2 Å². The van der Waals surface area contributed by atoms with Gasteiger partial charge >= 0.3 is 0 Å². The molecule has 0 aromatic rings. The minimum Gasteiger partial charge on any atom is -0.390 e. The molecule has 1 aliphatic rings. The highest BCUT2D eigenvalue weighted by Gasteiger charge is 2.29. The lowest BCUT2D eigenvalue weighted by atomic mass is 9.82. The zero-order valence-electron chi connectivity index (χ0n) is 21.7. The zero-order valence-corrected chi connectivity index (χ0v) is 21.7. The van der Waals surface area contributed by atoms with Crippen molar-refractivity contribution in [3.8, 4) is 0 Å². The Morgan fingerprint density at radius 3 is 1.82 bits per heavy atom. The summed E-state index contributed by atoms with van der Waals surface area (Å²) in [6.45, 7) is 12.6. The fourth-order valence-corrected chi connectivity index (χ4v) is 3.96. The first-order valence-corrected chi connectivity index (χ1v) is 12.1. The van der Waals surface area contributed by atoms with Gasteiger partial charge in [-0.15, -0.1) is 0 Å². The Balaban J connectivity index is 2.47. The lowest BCUT2D eigenvalue weighted by molar-refractivity contribution is -0.116. The van der Waals surface area contributed by atoms with Crippen LogP contribution in [0.5, 0.6) is 0 Å². The van der Waals surface area contributed by atoms with Gasteiger partial charge in [0.15, 0.2) is 11.6 Å². The largest absolute Gasteiger partial charge is 0.390 e. The first kappa shape index (κ1) is 29.0. The summed E-state index contributed by atoms with van der Waals surface area (Å²) < 4.78 is 12.4. The van der Waals surface area contributed by atoms with Crippen LogP contribution in [-0.2, 0) is 9.59 Å². The van der Waals surface area contributed by atoms with Crippen LogP contribution in [0.3, 0.4) is 0 Å². The monoisotopic (exact) mass is 458 g/mol. The molecule has 0 heterocycles. The lowest BCUT2D eigenvalue weighted by Gasteiger charge is -2.25. The van der Waals surface area contributed by atoms with Crippen molar-refractivity contribution in [2.75, 3.05) is 6.67 Å². The van der Waals surface area contributed by atoms with E-state index in [0.29, 0.717) is 41.6 Å². The van der Waals surface area contributed by atoms with Crippen molar-refractivity contribution in [1.82, 2.24) is 0 Å². The lowest BCUT2D eigenvalue weighted by Crippen LogP contribution is -2.26. The van der Waals surface area contributed by atoms with Crippen LogP contribution in [0, 0.1) is 0 Å². The van der Waals surface area contributed by atoms with E-state index in [2.05, 4.69) is 26.0 Å². The zero-order chi connectivity index (χ0) is 25.2. The Morgan fingerprint density at radius 2 is 1.27 bits per heavy atom. The van der Waals surface area contributed by atoms with Gasteiger partial charge in [0.05, 0.1) is 5.60 Å². The van der Waals surface area contributed by atoms with Gasteiger partial charge in [-0.25, -0.2) is 4.39 Å². The molecule has 0 aromatic carbocycles. The summed E-state index contributed by atoms with van der Waals surface area (Å²) in [5, 5.41) is 10.8. The van der Waals surface area contributed by atoms with E-state index < -0.39 is 5.60 Å². The van der Waals surface area contributed by atoms with Crippen molar-refractivity contribution < 1.29 is 19.1 Å². The summed E-state index contributed by atoms with van der Waals surface area (Å²) in [5.74, 6) is -0.121. The molecule has 0 bridgehead atoms. The van der Waals surface area contributed by atoms with Gasteiger partial charge in [-0.1, -0.05) is 29.4 Å². The molecule has 0 saturated heterocycles. The van der Waals surface area contributed by atoms with Crippen LogP contribution < -0.4 is 0 Å². The van der Waals surface area contributed by atoms with E-state index >= 15 is 0 Å². The molecular formula is C29H43FO3. The van der Waals surface area contributed by atoms with Crippen molar-refractivity contribution in [3.63, 3.8) is 0 Å². The van der Waals surface area contributed by atoms with Gasteiger partial charge in [-0.2, -0.15) is 0 Å². The SMILES string of the molecule is CC(=CCC/C(C)=C/CC/C(C)=C/CCC(C)(O)CCC1=C(C)C(=O)C(C)=C(C)C1=O)CF. The molecule has 0 fully saturated rings. The maximum atomic E-state index is 12.6. The third-order valence-corrected chi connectivity index (χ3v) is 6.67. The Morgan fingerprint density at radius 1 is 0.788 bits per heavy atom. The summed E-state index contributed by atoms with van der Waals surface area (Å²) in [6.07, 6.45) is 12.5. The maximum Gasteiger partial charge on any atom is 0.185 e. The van der Waals surface area contributed by atoms with E-state index in [9.17, 15) is 19.1 Å². The van der Waals surface area contributed by atoms with E-state index in [4.69, 9.17) is 0 Å². The molecule has 0 amide bonds. The Kier molecular flexibility index (Phi) is 11.9. The van der Waals surface area contributed by atoms with E-state index in [1.165, 1.54) is 11.1 Å². The molecule has 4 heteroatoms. The number of carbonyl (C=O) groups excluding carboxylic acids is 2. The van der Waals surface area contributed by atoms with Crippen molar-refractivity contribution in [1.29, 1.82) is 0 Å². The number of ketones is 2. The molecule has 184 valence electrons. The van der Waals surface area contributed by atoms with Gasteiger partial charge in [0.2, 0.25) is 0 Å². The van der Waals surface area contributed by atoms with Crippen LogP contribution in [-0.4, -0.2) is 28.9 Å². The second-order valence-corrected chi connectivity index (χ2v) is 9.91. The van der Waals surface area contributed by atoms with E-state index in [1.54, 1.807) is 27.7 Å². The average Bonchev–Trinajstić information content (AvgIpc) is 2.76. The summed E-state index contributed by atoms with van der Waals surface area (Å²) in [5.41, 5.74) is 4.65. The number of allylic oxidation sites excluding steroid dienone is 10. The van der Waals surface area contributed by atoms with Crippen LogP contribution in [0.4, 0.5) is 4.39 Å². The highest BCUT2D eigenvalue weighted by atomic mass is 19.1. The van der Waals surface area contributed by atoms with Gasteiger partial charge in [-0.05, 0) is 105 Å². The number of rotatable bonds is 13. The van der Waals surface area contributed by atoms with Crippen molar-refractivity contribution >= 4 is 11.6 Å². The minimum absolute atomic E-state index is 0.0593. The topological polar surface area (TPSA) is 54.4 Å². The number of halogens is 1. The molecule has 1 N–H and O–H groups in total. The molecule has 3 nitrogen and oxygen atoms in total. The number of carbonyl (C=O) groups is 2. The fraction of sp³-hybridized carbons (Fsp3) is 0.586. The standard InChI is InChI=1S/C29H43FO3/c1-20(13-9-14-22(3)19-30)11-8-12-21(2)15-10-17-29(7,33)18-16-26-25(6)27(31)23(4)24(5)28(26)32/h11,14-15,33H,8-10,12-13,16-19H2,1-7H3/b20-11+,21-15+,22-14?. The summed E-state index contributed by atoms with van der Waals surface area (Å²) >= 11 is 0. The maximum absolute atomic E-state index is 12.6. The first-order chi connectivity index (χ1) is 15.4. The summed E-state index contributed by atoms with van der Waals surface area (Å²) in [7, 11) is 0. The van der Waals surface area contributed by atoms with Crippen LogP contribution in [0.2, 0.25) is 0 Å². The third kappa shape index (κ3) is 9.75. The second-order valence-electron chi connectivity index (χ2n) is 9.91. The minimum atomic E-state index is -0.890. The quantitative estimate of drug-likeness (QED) is 0.230. The molecule has 0 aliphatic heterocycles. The molecule has 1 atom stereocenters. The molecule has 1 aliphatic carbocycles. The van der Waals surface area contributed by atoms with Crippen LogP contribution >= 0.6 is 0 Å². The van der Waals surface area contributed by atoms with Gasteiger partial charge < -0.3 is 5.11 Å². The summed E-state index contributed by atoms with van der Waals surface area (Å²) in [6, 6.07) is 0. The highest BCUT2D eigenvalue weighted by molar-refractivity contribution is 6.24. The summed E-state index contributed by atoms with van der Waals surface area (Å²) in [4.78, 5) is 24.9. The van der Waals surface area contributed by atoms with Gasteiger partial charge in [0, 0.05) is 22.3 Å². The predicted octanol–water partition coefficient (Wildman–Crippen LogP) is 7.47. The molecule has 1 rings (SSSR count). The second kappa shape index (κ2) is 13.6. The number of aliphatic hydroxyl groups is 1. The van der Waals surface area contributed by atoms with Crippen molar-refractivity contribution in [2.24, 2.45) is 0 Å². The molecule has 0 spiro atoms. The Bertz CT molecular complexity index is 879. The third-order valence-electron chi connectivity index (χ3n) is 6.67. The van der Waals surface area contributed by atoms with Gasteiger partial charge in [0.25, 0.3) is 0 Å². The number of alkyl halides is 1. The molecule has 33 heavy (non-hydrogen) atoms. The predicted molar refractivity (Wildman–Crippen MR) is 136 cm³/mol. The normalized spacial score (nSPS) is 18.4. The van der Waals surface area contributed by atoms with Crippen molar-refractivity contribution in [2.45, 2.75) is 105 Å². The van der Waals surface area contributed by atoms with Crippen LogP contribution in [0.15, 0.2) is 57.2 Å². The van der Waals surface area contributed by atoms with E-state index in [-0.39, 0.29) is 18.2 Å². The molecule has 1 unspecified atom stereocenters. The van der Waals surface area contributed by atoms with E-state index in [0.717, 1.165) is 37.7 Å². The van der Waals surface area contributed by atoms with Gasteiger partial charge in [-0.3, -0.25) is 9.59 Å². The number of hydrogen-bond acceptors (Lipinski definition) is 3. The molecule has 0 saturated carbocycles. The van der Waals surface area contributed by atoms with E-state index in [1.807, 2.05) is 13.0 Å². The average molecular weight is 459 g/mol. The molecule has 0 radical (unpaired) electrons. The Hall–Kier alpha value is -2.07. The van der Waals surface area contributed by atoms with Crippen LogP contribution in [0.25, 0.3) is 0 Å². The first-order valence-electron chi connectivity index (χ1n) is 12.1. The molecule has 0 aromatic heterocycles. The van der Waals surface area contributed by atoms with Gasteiger partial charge in [0.1, 0.15) is 6.67 Å². The molecular weight excluding hydrogens is 415 g/mol. The fourth-order valence-electron chi connectivity index (χ4n) is 3.96. The highest BCUT2D eigenvalue weighted by Crippen LogP contribution is 2.30. The number of hydrogen-bond donors (Lipinski definition) is 1.